The lowest BCUT2D eigenvalue weighted by Gasteiger charge is -2.30. The van der Waals surface area contributed by atoms with Gasteiger partial charge in [0.2, 0.25) is 11.8 Å². The van der Waals surface area contributed by atoms with Crippen molar-refractivity contribution in [1.82, 2.24) is 15.1 Å². The van der Waals surface area contributed by atoms with Crippen molar-refractivity contribution in [2.24, 2.45) is 0 Å². The molecule has 9 nitrogen and oxygen atoms in total. The van der Waals surface area contributed by atoms with E-state index in [1.165, 1.54) is 12.1 Å². The molecule has 0 bridgehead atoms. The van der Waals surface area contributed by atoms with Crippen molar-refractivity contribution in [3.63, 3.8) is 0 Å². The lowest BCUT2D eigenvalue weighted by Crippen LogP contribution is -2.39. The fourth-order valence-electron chi connectivity index (χ4n) is 2.96. The molecule has 0 aromatic carbocycles. The molecule has 10 heteroatoms. The van der Waals surface area contributed by atoms with E-state index in [9.17, 15) is 14.9 Å². The zero-order valence-electron chi connectivity index (χ0n) is 13.5. The Morgan fingerprint density at radius 3 is 2.92 bits per heavy atom. The van der Waals surface area contributed by atoms with E-state index in [1.807, 2.05) is 16.8 Å². The van der Waals surface area contributed by atoms with Crippen molar-refractivity contribution in [1.29, 1.82) is 0 Å². The van der Waals surface area contributed by atoms with E-state index in [2.05, 4.69) is 10.2 Å². The molecule has 1 amide bonds. The summed E-state index contributed by atoms with van der Waals surface area (Å²) in [7, 11) is 0. The van der Waals surface area contributed by atoms with Gasteiger partial charge in [0.25, 0.3) is 5.91 Å². The molecular formula is C16H14N4O5S. The molecule has 1 fully saturated rings. The Bertz CT molecular complexity index is 932. The summed E-state index contributed by atoms with van der Waals surface area (Å²) in [6.07, 6.45) is 1.60. The number of hydrogen-bond acceptors (Lipinski definition) is 8. The number of likely N-dealkylation sites (tertiary alicyclic amines) is 1. The monoisotopic (exact) mass is 374 g/mol. The molecule has 0 spiro atoms. The predicted octanol–water partition coefficient (Wildman–Crippen LogP) is 3.32. The average Bonchev–Trinajstić information content (AvgIpc) is 3.42. The maximum Gasteiger partial charge on any atom is 0.433 e. The largest absolute Gasteiger partial charge is 0.433 e. The number of carbonyl (C=O) groups is 1. The molecule has 1 aliphatic rings. The Balaban J connectivity index is 1.48. The zero-order valence-corrected chi connectivity index (χ0v) is 14.3. The molecule has 0 N–H and O–H groups in total. The van der Waals surface area contributed by atoms with Gasteiger partial charge in [0.1, 0.15) is 4.92 Å². The topological polar surface area (TPSA) is 116 Å². The van der Waals surface area contributed by atoms with Crippen molar-refractivity contribution in [2.75, 3.05) is 13.1 Å². The number of hydrogen-bond donors (Lipinski definition) is 0. The molecule has 134 valence electrons. The van der Waals surface area contributed by atoms with Gasteiger partial charge in [-0.3, -0.25) is 14.9 Å². The first-order valence-corrected chi connectivity index (χ1v) is 8.95. The second kappa shape index (κ2) is 6.71. The van der Waals surface area contributed by atoms with E-state index >= 15 is 0 Å². The number of nitrogens with zero attached hydrogens (tertiary/aromatic N) is 4. The number of rotatable bonds is 4. The third-order valence-electron chi connectivity index (χ3n) is 4.25. The molecule has 1 saturated heterocycles. The summed E-state index contributed by atoms with van der Waals surface area (Å²) in [5.74, 6) is 0.0273. The van der Waals surface area contributed by atoms with Gasteiger partial charge in [-0.15, -0.1) is 10.2 Å². The van der Waals surface area contributed by atoms with Crippen molar-refractivity contribution in [2.45, 2.75) is 18.8 Å². The number of nitro groups is 1. The molecule has 1 atom stereocenters. The summed E-state index contributed by atoms with van der Waals surface area (Å²) >= 11 is 1.55. The van der Waals surface area contributed by atoms with Crippen molar-refractivity contribution in [3.05, 3.63) is 50.7 Å². The highest BCUT2D eigenvalue weighted by atomic mass is 32.1. The van der Waals surface area contributed by atoms with Crippen molar-refractivity contribution in [3.8, 4) is 11.5 Å². The van der Waals surface area contributed by atoms with Gasteiger partial charge >= 0.3 is 5.88 Å². The fraction of sp³-hybridized carbons (Fsp3) is 0.312. The van der Waals surface area contributed by atoms with Gasteiger partial charge in [0.05, 0.1) is 12.0 Å². The van der Waals surface area contributed by atoms with Crippen LogP contribution in [0.4, 0.5) is 5.88 Å². The number of thiophene rings is 1. The first-order chi connectivity index (χ1) is 12.6. The highest BCUT2D eigenvalue weighted by molar-refractivity contribution is 7.08. The third-order valence-corrected chi connectivity index (χ3v) is 4.93. The minimum absolute atomic E-state index is 0.0400. The van der Waals surface area contributed by atoms with E-state index in [0.717, 1.165) is 18.4 Å². The number of furan rings is 1. The smallest absolute Gasteiger partial charge is 0.420 e. The zero-order chi connectivity index (χ0) is 18.1. The number of aromatic nitrogens is 2. The van der Waals surface area contributed by atoms with Crippen LogP contribution in [0.25, 0.3) is 11.5 Å². The Morgan fingerprint density at radius 2 is 2.19 bits per heavy atom. The van der Waals surface area contributed by atoms with Crippen LogP contribution in [-0.2, 0) is 0 Å². The Kier molecular flexibility index (Phi) is 4.25. The van der Waals surface area contributed by atoms with Crippen molar-refractivity contribution < 1.29 is 18.6 Å². The Hall–Kier alpha value is -3.01. The molecule has 0 saturated carbocycles. The first-order valence-electron chi connectivity index (χ1n) is 8.01. The summed E-state index contributed by atoms with van der Waals surface area (Å²) in [5, 5.41) is 22.8. The molecule has 3 aromatic heterocycles. The van der Waals surface area contributed by atoms with Crippen LogP contribution in [0.3, 0.4) is 0 Å². The van der Waals surface area contributed by atoms with E-state index in [1.54, 1.807) is 16.2 Å². The van der Waals surface area contributed by atoms with E-state index < -0.39 is 10.8 Å². The SMILES string of the molecule is O=C(c1ccc([N+](=O)[O-])o1)N1CCCC(c2nnc(-c3ccsc3)o2)C1. The quantitative estimate of drug-likeness (QED) is 0.508. The van der Waals surface area contributed by atoms with E-state index in [0.29, 0.717) is 24.9 Å². The fourth-order valence-corrected chi connectivity index (χ4v) is 3.59. The highest BCUT2D eigenvalue weighted by Gasteiger charge is 2.31. The van der Waals surface area contributed by atoms with Crippen LogP contribution in [0.1, 0.15) is 35.2 Å². The molecule has 4 heterocycles. The minimum Gasteiger partial charge on any atom is -0.420 e. The van der Waals surface area contributed by atoms with E-state index in [4.69, 9.17) is 8.83 Å². The minimum atomic E-state index is -0.666. The summed E-state index contributed by atoms with van der Waals surface area (Å²) in [6, 6.07) is 4.41. The van der Waals surface area contributed by atoms with Gasteiger partial charge in [-0.1, -0.05) is 0 Å². The van der Waals surface area contributed by atoms with Gasteiger partial charge in [-0.05, 0) is 30.4 Å². The number of carbonyl (C=O) groups excluding carboxylic acids is 1. The normalized spacial score (nSPS) is 17.4. The van der Waals surface area contributed by atoms with E-state index in [-0.39, 0.29) is 17.6 Å². The number of amides is 1. The Morgan fingerprint density at radius 1 is 1.31 bits per heavy atom. The second-order valence-corrected chi connectivity index (χ2v) is 6.72. The lowest BCUT2D eigenvalue weighted by molar-refractivity contribution is -0.402. The van der Waals surface area contributed by atoms with Gasteiger partial charge in [0, 0.05) is 24.0 Å². The molecule has 26 heavy (non-hydrogen) atoms. The Labute approximate surface area is 151 Å². The summed E-state index contributed by atoms with van der Waals surface area (Å²) in [4.78, 5) is 24.2. The molecule has 3 aromatic rings. The molecular weight excluding hydrogens is 360 g/mol. The third kappa shape index (κ3) is 3.10. The first kappa shape index (κ1) is 16.5. The van der Waals surface area contributed by atoms with Crippen LogP contribution in [0, 0.1) is 10.1 Å². The van der Waals surface area contributed by atoms with Gasteiger partial charge in [0.15, 0.2) is 5.76 Å². The molecule has 0 aliphatic carbocycles. The lowest BCUT2D eigenvalue weighted by atomic mass is 9.98. The molecule has 1 unspecified atom stereocenters. The van der Waals surface area contributed by atoms with Crippen LogP contribution in [0.2, 0.25) is 0 Å². The van der Waals surface area contributed by atoms with Gasteiger partial charge in [-0.2, -0.15) is 11.3 Å². The molecule has 1 aliphatic heterocycles. The van der Waals surface area contributed by atoms with Crippen LogP contribution < -0.4 is 0 Å². The molecule has 4 rings (SSSR count). The summed E-state index contributed by atoms with van der Waals surface area (Å²) in [5.41, 5.74) is 0.875. The predicted molar refractivity (Wildman–Crippen MR) is 90.9 cm³/mol. The second-order valence-electron chi connectivity index (χ2n) is 5.94. The van der Waals surface area contributed by atoms with Gasteiger partial charge in [-0.25, -0.2) is 0 Å². The molecule has 0 radical (unpaired) electrons. The van der Waals surface area contributed by atoms with Crippen LogP contribution in [0.5, 0.6) is 0 Å². The average molecular weight is 374 g/mol. The highest BCUT2D eigenvalue weighted by Crippen LogP contribution is 2.30. The van der Waals surface area contributed by atoms with Crippen molar-refractivity contribution >= 4 is 23.1 Å². The standard InChI is InChI=1S/C16H14N4O5S/c21-16(12-3-4-13(24-12)20(22)23)19-6-1-2-10(8-19)14-17-18-15(25-14)11-5-7-26-9-11/h3-5,7,9-10H,1-2,6,8H2. The summed E-state index contributed by atoms with van der Waals surface area (Å²) < 4.78 is 10.8. The van der Waals surface area contributed by atoms with Gasteiger partial charge < -0.3 is 13.7 Å². The van der Waals surface area contributed by atoms with Crippen LogP contribution in [-0.4, -0.2) is 39.0 Å². The maximum absolute atomic E-state index is 12.5. The number of piperidine rings is 1. The summed E-state index contributed by atoms with van der Waals surface area (Å²) in [6.45, 7) is 0.952. The van der Waals surface area contributed by atoms with Crippen LogP contribution >= 0.6 is 11.3 Å². The van der Waals surface area contributed by atoms with Crippen LogP contribution in [0.15, 0.2) is 37.8 Å². The maximum atomic E-state index is 12.5.